The van der Waals surface area contributed by atoms with E-state index in [4.69, 9.17) is 11.5 Å². The molecule has 0 aromatic carbocycles. The zero-order valence-corrected chi connectivity index (χ0v) is 16.3. The highest BCUT2D eigenvalue weighted by atomic mass is 16.4. The van der Waals surface area contributed by atoms with Crippen LogP contribution in [-0.2, 0) is 19.2 Å². The van der Waals surface area contributed by atoms with E-state index in [1.807, 2.05) is 13.8 Å². The average molecular weight is 387 g/mol. The Kier molecular flexibility index (Phi) is 12.0. The number of carboxylic acid groups (broad SMARTS) is 1. The molecule has 0 bridgehead atoms. The molecule has 0 fully saturated rings. The molecule has 10 nitrogen and oxygen atoms in total. The number of carbonyl (C=O) groups excluding carboxylic acids is 3. The number of hydrogen-bond donors (Lipinski definition) is 6. The van der Waals surface area contributed by atoms with Crippen LogP contribution in [0, 0.1) is 5.92 Å². The van der Waals surface area contributed by atoms with Crippen LogP contribution in [0.2, 0.25) is 0 Å². The minimum absolute atomic E-state index is 0.0742. The lowest BCUT2D eigenvalue weighted by atomic mass is 10.0. The molecule has 0 saturated heterocycles. The second-order valence-electron chi connectivity index (χ2n) is 6.94. The molecule has 156 valence electrons. The van der Waals surface area contributed by atoms with E-state index < -0.39 is 41.8 Å². The van der Waals surface area contributed by atoms with Crippen molar-refractivity contribution in [3.63, 3.8) is 0 Å². The number of rotatable bonds is 13. The molecule has 0 aromatic rings. The molecule has 3 unspecified atom stereocenters. The lowest BCUT2D eigenvalue weighted by molar-refractivity contribution is -0.142. The molecule has 0 rings (SSSR count). The van der Waals surface area contributed by atoms with E-state index in [0.717, 1.165) is 0 Å². The Morgan fingerprint density at radius 2 is 1.59 bits per heavy atom. The van der Waals surface area contributed by atoms with Crippen LogP contribution < -0.4 is 27.4 Å². The zero-order chi connectivity index (χ0) is 21.0. The molecule has 0 spiro atoms. The molecule has 0 aromatic heterocycles. The highest BCUT2D eigenvalue weighted by molar-refractivity contribution is 5.92. The summed E-state index contributed by atoms with van der Waals surface area (Å²) < 4.78 is 0. The van der Waals surface area contributed by atoms with Crippen LogP contribution in [0.5, 0.6) is 0 Å². The van der Waals surface area contributed by atoms with Crippen LogP contribution >= 0.6 is 0 Å². The minimum Gasteiger partial charge on any atom is -0.480 e. The summed E-state index contributed by atoms with van der Waals surface area (Å²) in [4.78, 5) is 47.3. The van der Waals surface area contributed by atoms with E-state index in [2.05, 4.69) is 16.0 Å². The number of hydrogen-bond acceptors (Lipinski definition) is 6. The van der Waals surface area contributed by atoms with Crippen molar-refractivity contribution < 1.29 is 24.3 Å². The van der Waals surface area contributed by atoms with Crippen LogP contribution in [0.15, 0.2) is 0 Å². The van der Waals surface area contributed by atoms with Gasteiger partial charge in [-0.25, -0.2) is 4.79 Å². The maximum Gasteiger partial charge on any atom is 0.326 e. The van der Waals surface area contributed by atoms with E-state index >= 15 is 0 Å². The van der Waals surface area contributed by atoms with Gasteiger partial charge in [0.1, 0.15) is 12.1 Å². The first-order valence-electron chi connectivity index (χ1n) is 9.14. The van der Waals surface area contributed by atoms with Gasteiger partial charge < -0.3 is 32.5 Å². The highest BCUT2D eigenvalue weighted by Gasteiger charge is 2.27. The van der Waals surface area contributed by atoms with Crippen LogP contribution in [-0.4, -0.2) is 60.0 Å². The van der Waals surface area contributed by atoms with E-state index in [9.17, 15) is 24.3 Å². The lowest BCUT2D eigenvalue weighted by Crippen LogP contribution is -2.53. The Bertz CT molecular complexity index is 510. The number of unbranched alkanes of at least 4 members (excludes halogenated alkanes) is 1. The standard InChI is InChI=1S/C17H33N5O5/c1-10(2)8-13(17(26)27)22-16(25)12(6-4-5-7-18)21-14(23)9-20-15(24)11(3)19/h10-13H,4-9,18-19H2,1-3H3,(H,20,24)(H,21,23)(H,22,25)(H,26,27). The Hall–Kier alpha value is -2.20. The summed E-state index contributed by atoms with van der Waals surface area (Å²) in [6.45, 7) is 5.30. The second kappa shape index (κ2) is 13.0. The summed E-state index contributed by atoms with van der Waals surface area (Å²) in [5, 5.41) is 16.6. The third-order valence-corrected chi connectivity index (χ3v) is 3.76. The fourth-order valence-corrected chi connectivity index (χ4v) is 2.30. The maximum atomic E-state index is 12.5. The van der Waals surface area contributed by atoms with Crippen molar-refractivity contribution >= 4 is 23.7 Å². The van der Waals surface area contributed by atoms with Gasteiger partial charge in [-0.1, -0.05) is 13.8 Å². The van der Waals surface area contributed by atoms with E-state index in [0.29, 0.717) is 25.8 Å². The van der Waals surface area contributed by atoms with E-state index in [1.54, 1.807) is 0 Å². The van der Waals surface area contributed by atoms with Crippen molar-refractivity contribution in [2.45, 2.75) is 64.6 Å². The Balaban J connectivity index is 4.89. The largest absolute Gasteiger partial charge is 0.480 e. The van der Waals surface area contributed by atoms with E-state index in [1.165, 1.54) is 6.92 Å². The fourth-order valence-electron chi connectivity index (χ4n) is 2.30. The summed E-state index contributed by atoms with van der Waals surface area (Å²) in [6.07, 6.45) is 1.83. The molecule has 0 saturated carbocycles. The smallest absolute Gasteiger partial charge is 0.326 e. The molecular weight excluding hydrogens is 354 g/mol. The van der Waals surface area contributed by atoms with Gasteiger partial charge in [0.05, 0.1) is 12.6 Å². The van der Waals surface area contributed by atoms with Crippen molar-refractivity contribution in [3.05, 3.63) is 0 Å². The average Bonchev–Trinajstić information content (AvgIpc) is 2.57. The predicted octanol–water partition coefficient (Wildman–Crippen LogP) is -1.32. The predicted molar refractivity (Wildman–Crippen MR) is 101 cm³/mol. The molecule has 0 aliphatic rings. The van der Waals surface area contributed by atoms with Gasteiger partial charge in [0, 0.05) is 0 Å². The Morgan fingerprint density at radius 3 is 2.07 bits per heavy atom. The first kappa shape index (κ1) is 24.8. The quantitative estimate of drug-likeness (QED) is 0.212. The molecule has 3 atom stereocenters. The maximum absolute atomic E-state index is 12.5. The SMILES string of the molecule is CC(C)CC(NC(=O)C(CCCCN)NC(=O)CNC(=O)C(C)N)C(=O)O. The fraction of sp³-hybridized carbons (Fsp3) is 0.765. The molecule has 0 aliphatic carbocycles. The molecule has 10 heteroatoms. The van der Waals surface area contributed by atoms with Gasteiger partial charge >= 0.3 is 5.97 Å². The van der Waals surface area contributed by atoms with Gasteiger partial charge in [-0.2, -0.15) is 0 Å². The third kappa shape index (κ3) is 11.2. The summed E-state index contributed by atoms with van der Waals surface area (Å²) in [5.41, 5.74) is 10.9. The molecule has 0 radical (unpaired) electrons. The zero-order valence-electron chi connectivity index (χ0n) is 16.3. The van der Waals surface area contributed by atoms with Crippen molar-refractivity contribution in [1.29, 1.82) is 0 Å². The number of amides is 3. The normalized spacial score (nSPS) is 14.1. The Labute approximate surface area is 159 Å². The first-order chi connectivity index (χ1) is 12.6. The summed E-state index contributed by atoms with van der Waals surface area (Å²) >= 11 is 0. The van der Waals surface area contributed by atoms with Crippen LogP contribution in [0.25, 0.3) is 0 Å². The van der Waals surface area contributed by atoms with Crippen LogP contribution in [0.4, 0.5) is 0 Å². The van der Waals surface area contributed by atoms with Crippen molar-refractivity contribution in [1.82, 2.24) is 16.0 Å². The van der Waals surface area contributed by atoms with E-state index in [-0.39, 0.29) is 18.9 Å². The monoisotopic (exact) mass is 387 g/mol. The van der Waals surface area contributed by atoms with Gasteiger partial charge in [-0.15, -0.1) is 0 Å². The van der Waals surface area contributed by atoms with Gasteiger partial charge in [0.2, 0.25) is 17.7 Å². The highest BCUT2D eigenvalue weighted by Crippen LogP contribution is 2.07. The summed E-state index contributed by atoms with van der Waals surface area (Å²) in [6, 6.07) is -2.71. The molecular formula is C17H33N5O5. The topological polar surface area (TPSA) is 177 Å². The number of nitrogens with one attached hydrogen (secondary N) is 3. The van der Waals surface area contributed by atoms with Crippen LogP contribution in [0.3, 0.4) is 0 Å². The van der Waals surface area contributed by atoms with Gasteiger partial charge in [0.15, 0.2) is 0 Å². The molecule has 27 heavy (non-hydrogen) atoms. The number of carbonyl (C=O) groups is 4. The number of aliphatic carboxylic acids is 1. The van der Waals surface area contributed by atoms with Gasteiger partial charge in [-0.05, 0) is 45.1 Å². The number of nitrogens with two attached hydrogens (primary N) is 2. The van der Waals surface area contributed by atoms with Gasteiger partial charge in [-0.3, -0.25) is 14.4 Å². The van der Waals surface area contributed by atoms with Gasteiger partial charge in [0.25, 0.3) is 0 Å². The molecule has 3 amide bonds. The second-order valence-corrected chi connectivity index (χ2v) is 6.94. The van der Waals surface area contributed by atoms with Crippen molar-refractivity contribution in [2.75, 3.05) is 13.1 Å². The molecule has 0 heterocycles. The minimum atomic E-state index is -1.13. The van der Waals surface area contributed by atoms with Crippen molar-refractivity contribution in [2.24, 2.45) is 17.4 Å². The number of carboxylic acids is 1. The summed E-state index contributed by atoms with van der Waals surface area (Å²) in [7, 11) is 0. The first-order valence-corrected chi connectivity index (χ1v) is 9.14. The Morgan fingerprint density at radius 1 is 0.963 bits per heavy atom. The lowest BCUT2D eigenvalue weighted by Gasteiger charge is -2.22. The molecule has 8 N–H and O–H groups in total. The van der Waals surface area contributed by atoms with Crippen molar-refractivity contribution in [3.8, 4) is 0 Å². The third-order valence-electron chi connectivity index (χ3n) is 3.76. The summed E-state index contributed by atoms with van der Waals surface area (Å²) in [5.74, 6) is -2.69. The molecule has 0 aliphatic heterocycles. The van der Waals surface area contributed by atoms with Crippen LogP contribution in [0.1, 0.15) is 46.5 Å².